The van der Waals surface area contributed by atoms with Gasteiger partial charge in [0.2, 0.25) is 11.8 Å². The predicted octanol–water partition coefficient (Wildman–Crippen LogP) is 1.02. The first-order chi connectivity index (χ1) is 13.8. The number of carbonyl (C=O) groups excluding carboxylic acids is 3. The molecule has 1 unspecified atom stereocenters. The van der Waals surface area contributed by atoms with Gasteiger partial charge in [-0.05, 0) is 26.0 Å². The number of fused-ring (bicyclic) bond motifs is 1. The third-order valence-electron chi connectivity index (χ3n) is 5.44. The molecule has 0 saturated carbocycles. The van der Waals surface area contributed by atoms with Gasteiger partial charge in [0, 0.05) is 33.1 Å². The molecule has 2 aliphatic rings. The second kappa shape index (κ2) is 7.40. The van der Waals surface area contributed by atoms with Crippen LogP contribution in [-0.2, 0) is 11.3 Å². The lowest BCUT2D eigenvalue weighted by molar-refractivity contribution is -0.136. The highest BCUT2D eigenvalue weighted by Gasteiger charge is 2.42. The second-order valence-electron chi connectivity index (χ2n) is 7.54. The third-order valence-corrected chi connectivity index (χ3v) is 5.44. The van der Waals surface area contributed by atoms with Gasteiger partial charge in [0.15, 0.2) is 5.82 Å². The first-order valence-corrected chi connectivity index (χ1v) is 9.64. The zero-order valence-corrected chi connectivity index (χ0v) is 16.7. The van der Waals surface area contributed by atoms with Crippen LogP contribution in [0.25, 0.3) is 0 Å². The second-order valence-corrected chi connectivity index (χ2v) is 7.54. The van der Waals surface area contributed by atoms with E-state index in [-0.39, 0.29) is 5.91 Å². The number of hydrogen-bond donors (Lipinski definition) is 0. The molecule has 9 nitrogen and oxygen atoms in total. The summed E-state index contributed by atoms with van der Waals surface area (Å²) in [4.78, 5) is 47.6. The molecule has 1 aromatic carbocycles. The van der Waals surface area contributed by atoms with Crippen molar-refractivity contribution < 1.29 is 18.9 Å². The van der Waals surface area contributed by atoms with E-state index in [0.29, 0.717) is 55.6 Å². The minimum Gasteiger partial charge on any atom is -0.340 e. The Kier molecular flexibility index (Phi) is 4.91. The molecule has 1 aromatic heterocycles. The molecule has 0 bridgehead atoms. The summed E-state index contributed by atoms with van der Waals surface area (Å²) in [6.07, 6.45) is 0. The number of hydrogen-bond acceptors (Lipinski definition) is 7. The average molecular weight is 397 g/mol. The van der Waals surface area contributed by atoms with Gasteiger partial charge in [0.05, 0.1) is 17.7 Å². The van der Waals surface area contributed by atoms with E-state index in [9.17, 15) is 14.4 Å². The van der Waals surface area contributed by atoms with Crippen molar-refractivity contribution in [2.75, 3.05) is 26.2 Å². The van der Waals surface area contributed by atoms with Crippen molar-refractivity contribution in [2.45, 2.75) is 33.4 Å². The van der Waals surface area contributed by atoms with Crippen LogP contribution in [0.5, 0.6) is 0 Å². The fourth-order valence-electron chi connectivity index (χ4n) is 3.83. The van der Waals surface area contributed by atoms with Crippen molar-refractivity contribution in [3.05, 3.63) is 46.6 Å². The topological polar surface area (TPSA) is 99.9 Å². The summed E-state index contributed by atoms with van der Waals surface area (Å²) < 4.78 is 4.99. The molecule has 2 aliphatic heterocycles. The predicted molar refractivity (Wildman–Crippen MR) is 102 cm³/mol. The lowest BCUT2D eigenvalue weighted by atomic mass is 10.1. The number of carbonyl (C=O) groups is 3. The molecule has 2 aromatic rings. The van der Waals surface area contributed by atoms with Crippen LogP contribution in [0, 0.1) is 13.8 Å². The van der Waals surface area contributed by atoms with Crippen LogP contribution in [0.15, 0.2) is 22.7 Å². The normalized spacial score (nSPS) is 18.3. The molecule has 1 atom stereocenters. The van der Waals surface area contributed by atoms with E-state index >= 15 is 0 Å². The number of benzene rings is 1. The van der Waals surface area contributed by atoms with Crippen LogP contribution < -0.4 is 0 Å². The number of aromatic nitrogens is 2. The maximum Gasteiger partial charge on any atom is 0.262 e. The molecule has 1 saturated heterocycles. The summed E-state index contributed by atoms with van der Waals surface area (Å²) in [5.74, 6) is 0.125. The van der Waals surface area contributed by atoms with Crippen molar-refractivity contribution in [2.24, 2.45) is 0 Å². The SMILES string of the molecule is Cc1ccc2c(c1)C(=O)N(C(C)C(=O)N1CCN(Cc3noc(C)n3)CC1)C2=O. The summed E-state index contributed by atoms with van der Waals surface area (Å²) in [7, 11) is 0. The Balaban J connectivity index is 1.39. The Labute approximate surface area is 168 Å². The molecule has 29 heavy (non-hydrogen) atoms. The Morgan fingerprint density at radius 3 is 2.45 bits per heavy atom. The first kappa shape index (κ1) is 19.3. The van der Waals surface area contributed by atoms with E-state index in [4.69, 9.17) is 4.52 Å². The minimum absolute atomic E-state index is 0.216. The van der Waals surface area contributed by atoms with E-state index in [1.165, 1.54) is 0 Å². The number of aryl methyl sites for hydroxylation is 2. The van der Waals surface area contributed by atoms with Crippen molar-refractivity contribution in [1.29, 1.82) is 0 Å². The van der Waals surface area contributed by atoms with Crippen LogP contribution in [0.1, 0.15) is 44.9 Å². The lowest BCUT2D eigenvalue weighted by Gasteiger charge is -2.36. The fraction of sp³-hybridized carbons (Fsp3) is 0.450. The van der Waals surface area contributed by atoms with Crippen LogP contribution >= 0.6 is 0 Å². The van der Waals surface area contributed by atoms with E-state index in [0.717, 1.165) is 10.5 Å². The quantitative estimate of drug-likeness (QED) is 0.710. The standard InChI is InChI=1S/C20H23N5O4/c1-12-4-5-15-16(10-12)20(28)25(19(15)27)13(2)18(26)24-8-6-23(7-9-24)11-17-21-14(3)29-22-17/h4-5,10,13H,6-9,11H2,1-3H3. The van der Waals surface area contributed by atoms with Gasteiger partial charge in [-0.1, -0.05) is 16.8 Å². The molecule has 9 heteroatoms. The number of piperazine rings is 1. The fourth-order valence-corrected chi connectivity index (χ4v) is 3.83. The van der Waals surface area contributed by atoms with Crippen LogP contribution in [0.4, 0.5) is 0 Å². The van der Waals surface area contributed by atoms with Gasteiger partial charge in [-0.3, -0.25) is 24.2 Å². The zero-order chi connectivity index (χ0) is 20.7. The maximum atomic E-state index is 13.0. The lowest BCUT2D eigenvalue weighted by Crippen LogP contribution is -2.55. The molecule has 1 fully saturated rings. The van der Waals surface area contributed by atoms with Gasteiger partial charge in [0.1, 0.15) is 6.04 Å². The van der Waals surface area contributed by atoms with Crippen molar-refractivity contribution in [3.8, 4) is 0 Å². The van der Waals surface area contributed by atoms with E-state index in [1.54, 1.807) is 36.9 Å². The summed E-state index contributed by atoms with van der Waals surface area (Å²) in [6.45, 7) is 8.14. The van der Waals surface area contributed by atoms with Crippen LogP contribution in [0.2, 0.25) is 0 Å². The molecule has 0 spiro atoms. The van der Waals surface area contributed by atoms with Crippen molar-refractivity contribution in [1.82, 2.24) is 24.8 Å². The van der Waals surface area contributed by atoms with Gasteiger partial charge in [-0.15, -0.1) is 0 Å². The highest BCUT2D eigenvalue weighted by Crippen LogP contribution is 2.26. The van der Waals surface area contributed by atoms with Crippen LogP contribution in [-0.4, -0.2) is 74.8 Å². The molecular formula is C20H23N5O4. The number of rotatable bonds is 4. The monoisotopic (exact) mass is 397 g/mol. The molecule has 0 N–H and O–H groups in total. The third kappa shape index (κ3) is 3.53. The van der Waals surface area contributed by atoms with E-state index in [2.05, 4.69) is 15.0 Å². The Hall–Kier alpha value is -3.07. The highest BCUT2D eigenvalue weighted by atomic mass is 16.5. The Morgan fingerprint density at radius 1 is 1.10 bits per heavy atom. The molecular weight excluding hydrogens is 374 g/mol. The maximum absolute atomic E-state index is 13.0. The van der Waals surface area contributed by atoms with Crippen molar-refractivity contribution >= 4 is 17.7 Å². The molecule has 3 heterocycles. The smallest absolute Gasteiger partial charge is 0.262 e. The van der Waals surface area contributed by atoms with Gasteiger partial charge >= 0.3 is 0 Å². The molecule has 0 radical (unpaired) electrons. The molecule has 152 valence electrons. The Bertz CT molecular complexity index is 977. The average Bonchev–Trinajstić information content (AvgIpc) is 3.22. The first-order valence-electron chi connectivity index (χ1n) is 9.64. The number of nitrogens with zero attached hydrogens (tertiary/aromatic N) is 5. The van der Waals surface area contributed by atoms with Gasteiger partial charge in [0.25, 0.3) is 11.8 Å². The van der Waals surface area contributed by atoms with Gasteiger partial charge < -0.3 is 9.42 Å². The molecule has 3 amide bonds. The van der Waals surface area contributed by atoms with Crippen LogP contribution in [0.3, 0.4) is 0 Å². The summed E-state index contributed by atoms with van der Waals surface area (Å²) in [6, 6.07) is 4.31. The summed E-state index contributed by atoms with van der Waals surface area (Å²) in [5, 5.41) is 3.90. The Morgan fingerprint density at radius 2 is 1.79 bits per heavy atom. The van der Waals surface area contributed by atoms with Crippen molar-refractivity contribution in [3.63, 3.8) is 0 Å². The molecule has 0 aliphatic carbocycles. The van der Waals surface area contributed by atoms with Gasteiger partial charge in [-0.25, -0.2) is 0 Å². The highest BCUT2D eigenvalue weighted by molar-refractivity contribution is 6.22. The van der Waals surface area contributed by atoms with Gasteiger partial charge in [-0.2, -0.15) is 4.98 Å². The zero-order valence-electron chi connectivity index (χ0n) is 16.7. The largest absolute Gasteiger partial charge is 0.340 e. The summed E-state index contributed by atoms with van der Waals surface area (Å²) in [5.41, 5.74) is 1.63. The van der Waals surface area contributed by atoms with E-state index < -0.39 is 17.9 Å². The van der Waals surface area contributed by atoms with E-state index in [1.807, 2.05) is 6.92 Å². The number of amides is 3. The summed E-state index contributed by atoms with van der Waals surface area (Å²) >= 11 is 0. The molecule has 4 rings (SSSR count). The number of imide groups is 1. The minimum atomic E-state index is -0.839.